The van der Waals surface area contributed by atoms with Gasteiger partial charge in [-0.1, -0.05) is 42.0 Å². The number of nitrogens with zero attached hydrogens (tertiary/aromatic N) is 2. The molecule has 4 rings (SSSR count). The van der Waals surface area contributed by atoms with Gasteiger partial charge >= 0.3 is 0 Å². The van der Waals surface area contributed by atoms with Crippen molar-refractivity contribution in [3.05, 3.63) is 95.6 Å². The van der Waals surface area contributed by atoms with Gasteiger partial charge in [0, 0.05) is 30.9 Å². The number of aromatic nitrogens is 1. The number of halogens is 1. The summed E-state index contributed by atoms with van der Waals surface area (Å²) in [5, 5.41) is 0. The molecule has 1 aliphatic rings. The molecule has 1 saturated heterocycles. The maximum Gasteiger partial charge on any atom is 0.169 e. The molecular formula is C27H32FN2O+. The molecule has 1 fully saturated rings. The molecular weight excluding hydrogens is 387 g/mol. The zero-order chi connectivity index (χ0) is 22.2. The minimum absolute atomic E-state index is 0.171. The van der Waals surface area contributed by atoms with Crippen LogP contribution >= 0.6 is 0 Å². The normalized spacial score (nSPS) is 18.5. The number of pyridine rings is 1. The average Bonchev–Trinajstić information content (AvgIpc) is 2.76. The maximum atomic E-state index is 12.1. The van der Waals surface area contributed by atoms with Crippen LogP contribution in [-0.4, -0.2) is 25.3 Å². The quantitative estimate of drug-likeness (QED) is 0.527. The summed E-state index contributed by atoms with van der Waals surface area (Å²) in [5.74, 6) is -0.171. The second-order valence-electron chi connectivity index (χ2n) is 8.18. The number of benzene rings is 2. The van der Waals surface area contributed by atoms with Gasteiger partial charge in [0.05, 0.1) is 12.2 Å². The largest absolute Gasteiger partial charge is 0.372 e. The number of hydrogen-bond donors (Lipinski definition) is 0. The van der Waals surface area contributed by atoms with Gasteiger partial charge in [-0.25, -0.2) is 8.96 Å². The van der Waals surface area contributed by atoms with Crippen LogP contribution in [0.25, 0.3) is 12.2 Å². The topological polar surface area (TPSA) is 16.4 Å². The Hall–Kier alpha value is -2.98. The first-order valence-corrected chi connectivity index (χ1v) is 10.7. The zero-order valence-corrected chi connectivity index (χ0v) is 18.8. The minimum Gasteiger partial charge on any atom is -0.372 e. The Morgan fingerprint density at radius 1 is 0.839 bits per heavy atom. The Morgan fingerprint density at radius 2 is 1.35 bits per heavy atom. The van der Waals surface area contributed by atoms with E-state index >= 15 is 0 Å². The summed E-state index contributed by atoms with van der Waals surface area (Å²) < 4.78 is 19.9. The highest BCUT2D eigenvalue weighted by Crippen LogP contribution is 2.21. The molecule has 0 spiro atoms. The molecule has 3 nitrogen and oxygen atoms in total. The number of anilines is 1. The fraction of sp³-hybridized carbons (Fsp3) is 0.296. The first-order valence-electron chi connectivity index (χ1n) is 10.7. The molecule has 162 valence electrons. The standard InChI is InChI=1S/C20H25N2O.C7H7F/c1-16-14-22(15-17(2)23-16)20-8-6-18(7-9-20)4-5-19-10-12-21(3)13-11-19;1-6-2-4-7(8)5-3-6/h4-13,16-17H,14-15H2,1-3H3;2-5H,1H3/q+1;/t16-,17+;. The Bertz CT molecular complexity index is 935. The molecule has 4 heteroatoms. The van der Waals surface area contributed by atoms with Crippen LogP contribution in [0, 0.1) is 12.7 Å². The van der Waals surface area contributed by atoms with E-state index in [1.165, 1.54) is 28.9 Å². The highest BCUT2D eigenvalue weighted by Gasteiger charge is 2.22. The highest BCUT2D eigenvalue weighted by atomic mass is 19.1. The van der Waals surface area contributed by atoms with E-state index in [4.69, 9.17) is 4.74 Å². The molecule has 0 aliphatic carbocycles. The predicted molar refractivity (Wildman–Crippen MR) is 126 cm³/mol. The number of ether oxygens (including phenoxy) is 1. The number of rotatable bonds is 3. The molecule has 0 radical (unpaired) electrons. The molecule has 1 aliphatic heterocycles. The summed E-state index contributed by atoms with van der Waals surface area (Å²) in [5.41, 5.74) is 4.79. The van der Waals surface area contributed by atoms with Crippen LogP contribution in [0.1, 0.15) is 30.5 Å². The monoisotopic (exact) mass is 419 g/mol. The fourth-order valence-electron chi connectivity index (χ4n) is 3.53. The second-order valence-corrected chi connectivity index (χ2v) is 8.18. The van der Waals surface area contributed by atoms with E-state index in [1.54, 1.807) is 12.1 Å². The van der Waals surface area contributed by atoms with Crippen LogP contribution in [0.2, 0.25) is 0 Å². The van der Waals surface area contributed by atoms with E-state index in [-0.39, 0.29) is 18.0 Å². The van der Waals surface area contributed by atoms with Gasteiger partial charge in [-0.05, 0) is 56.2 Å². The van der Waals surface area contributed by atoms with Gasteiger partial charge in [0.1, 0.15) is 12.9 Å². The third-order valence-electron chi connectivity index (χ3n) is 5.16. The van der Waals surface area contributed by atoms with Crippen molar-refractivity contribution in [2.24, 2.45) is 7.05 Å². The molecule has 0 N–H and O–H groups in total. The molecule has 2 heterocycles. The van der Waals surface area contributed by atoms with Crippen LogP contribution in [0.3, 0.4) is 0 Å². The van der Waals surface area contributed by atoms with Crippen molar-refractivity contribution in [3.63, 3.8) is 0 Å². The molecule has 2 atom stereocenters. The molecule has 0 amide bonds. The SMILES string of the molecule is C[C@@H]1CN(c2ccc(/C=C/c3cc[n+](C)cc3)cc2)C[C@H](C)O1.Cc1ccc(F)cc1. The van der Waals surface area contributed by atoms with E-state index in [1.807, 2.05) is 18.5 Å². The fourth-order valence-corrected chi connectivity index (χ4v) is 3.53. The number of aryl methyl sites for hydroxylation is 2. The summed E-state index contributed by atoms with van der Waals surface area (Å²) in [6.07, 6.45) is 9.00. The van der Waals surface area contributed by atoms with E-state index in [9.17, 15) is 4.39 Å². The lowest BCUT2D eigenvalue weighted by atomic mass is 10.1. The molecule has 0 saturated carbocycles. The van der Waals surface area contributed by atoms with Crippen molar-refractivity contribution in [3.8, 4) is 0 Å². The van der Waals surface area contributed by atoms with Crippen LogP contribution < -0.4 is 9.47 Å². The van der Waals surface area contributed by atoms with E-state index in [0.29, 0.717) is 0 Å². The molecule has 1 aromatic heterocycles. The van der Waals surface area contributed by atoms with E-state index in [2.05, 4.69) is 79.7 Å². The summed E-state index contributed by atoms with van der Waals surface area (Å²) in [4.78, 5) is 2.41. The van der Waals surface area contributed by atoms with E-state index in [0.717, 1.165) is 18.7 Å². The summed E-state index contributed by atoms with van der Waals surface area (Å²) in [6.45, 7) is 8.12. The van der Waals surface area contributed by atoms with Crippen LogP contribution in [0.4, 0.5) is 10.1 Å². The summed E-state index contributed by atoms with van der Waals surface area (Å²) >= 11 is 0. The van der Waals surface area contributed by atoms with Crippen molar-refractivity contribution < 1.29 is 13.7 Å². The lowest BCUT2D eigenvalue weighted by molar-refractivity contribution is -0.671. The van der Waals surface area contributed by atoms with Crippen molar-refractivity contribution in [1.29, 1.82) is 0 Å². The third-order valence-corrected chi connectivity index (χ3v) is 5.16. The Kier molecular flexibility index (Phi) is 7.96. The lowest BCUT2D eigenvalue weighted by Gasteiger charge is -2.36. The highest BCUT2D eigenvalue weighted by molar-refractivity contribution is 5.70. The molecule has 0 bridgehead atoms. The van der Waals surface area contributed by atoms with Gasteiger partial charge in [-0.15, -0.1) is 0 Å². The average molecular weight is 420 g/mol. The second kappa shape index (κ2) is 10.9. The van der Waals surface area contributed by atoms with Gasteiger partial charge < -0.3 is 9.64 Å². The summed E-state index contributed by atoms with van der Waals surface area (Å²) in [7, 11) is 2.03. The summed E-state index contributed by atoms with van der Waals surface area (Å²) in [6, 6.07) is 19.4. The minimum atomic E-state index is -0.171. The van der Waals surface area contributed by atoms with Crippen LogP contribution in [0.15, 0.2) is 73.1 Å². The van der Waals surface area contributed by atoms with Crippen molar-refractivity contribution in [1.82, 2.24) is 0 Å². The maximum absolute atomic E-state index is 12.1. The number of hydrogen-bond acceptors (Lipinski definition) is 2. The van der Waals surface area contributed by atoms with Gasteiger partial charge in [0.25, 0.3) is 0 Å². The van der Waals surface area contributed by atoms with Crippen molar-refractivity contribution in [2.75, 3.05) is 18.0 Å². The van der Waals surface area contributed by atoms with Gasteiger partial charge in [-0.3, -0.25) is 0 Å². The Morgan fingerprint density at radius 3 is 1.87 bits per heavy atom. The van der Waals surface area contributed by atoms with Crippen LogP contribution in [0.5, 0.6) is 0 Å². The first kappa shape index (κ1) is 22.7. The van der Waals surface area contributed by atoms with Crippen molar-refractivity contribution >= 4 is 17.8 Å². The molecule has 3 aromatic rings. The molecule has 0 unspecified atom stereocenters. The predicted octanol–water partition coefficient (Wildman–Crippen LogP) is 5.43. The van der Waals surface area contributed by atoms with Crippen LogP contribution in [-0.2, 0) is 11.8 Å². The van der Waals surface area contributed by atoms with Gasteiger partial charge in [-0.2, -0.15) is 0 Å². The Balaban J connectivity index is 0.000000287. The molecule has 31 heavy (non-hydrogen) atoms. The van der Waals surface area contributed by atoms with Gasteiger partial charge in [0.2, 0.25) is 0 Å². The lowest BCUT2D eigenvalue weighted by Crippen LogP contribution is -2.45. The van der Waals surface area contributed by atoms with Crippen molar-refractivity contribution in [2.45, 2.75) is 33.0 Å². The smallest absolute Gasteiger partial charge is 0.169 e. The first-order chi connectivity index (χ1) is 14.9. The number of morpholine rings is 1. The third kappa shape index (κ3) is 7.34. The zero-order valence-electron chi connectivity index (χ0n) is 18.8. The van der Waals surface area contributed by atoms with Gasteiger partial charge in [0.15, 0.2) is 12.4 Å². The van der Waals surface area contributed by atoms with E-state index < -0.39 is 0 Å². The Labute approximate surface area is 185 Å². The molecule has 2 aromatic carbocycles.